The van der Waals surface area contributed by atoms with E-state index in [1.165, 1.54) is 0 Å². The second kappa shape index (κ2) is 8.67. The molecule has 8 heteroatoms. The van der Waals surface area contributed by atoms with E-state index in [2.05, 4.69) is 5.32 Å². The van der Waals surface area contributed by atoms with Gasteiger partial charge in [0.2, 0.25) is 0 Å². The molecule has 1 aromatic carbocycles. The molecule has 20 heavy (non-hydrogen) atoms. The van der Waals surface area contributed by atoms with Crippen molar-refractivity contribution in [3.8, 4) is 0 Å². The first-order chi connectivity index (χ1) is 8.65. The minimum Gasteiger partial charge on any atom is -0.314 e. The van der Waals surface area contributed by atoms with Gasteiger partial charge in [-0.15, -0.1) is 24.8 Å². The highest BCUT2D eigenvalue weighted by atomic mass is 35.5. The quantitative estimate of drug-likeness (QED) is 0.675. The van der Waals surface area contributed by atoms with Crippen molar-refractivity contribution in [1.29, 1.82) is 0 Å². The number of hydrogen-bond acceptors (Lipinski definition) is 2. The van der Waals surface area contributed by atoms with Gasteiger partial charge in [0.25, 0.3) is 0 Å². The summed E-state index contributed by atoms with van der Waals surface area (Å²) in [5.74, 6) is -3.36. The SMILES string of the molecule is Cl.Cl.FC[C@H](c1c(F)ccc(F)c1F)N1CCNCC1. The third-order valence-electron chi connectivity index (χ3n) is 3.15. The highest BCUT2D eigenvalue weighted by Crippen LogP contribution is 2.28. The van der Waals surface area contributed by atoms with Crippen LogP contribution in [0.5, 0.6) is 0 Å². The Labute approximate surface area is 127 Å². The molecule has 1 aliphatic rings. The maximum absolute atomic E-state index is 13.6. The molecule has 2 rings (SSSR count). The van der Waals surface area contributed by atoms with Crippen LogP contribution < -0.4 is 5.32 Å². The van der Waals surface area contributed by atoms with E-state index in [1.807, 2.05) is 0 Å². The van der Waals surface area contributed by atoms with Crippen molar-refractivity contribution in [3.05, 3.63) is 35.1 Å². The first-order valence-corrected chi connectivity index (χ1v) is 5.79. The predicted molar refractivity (Wildman–Crippen MR) is 74.0 cm³/mol. The number of nitrogens with one attached hydrogen (secondary N) is 1. The summed E-state index contributed by atoms with van der Waals surface area (Å²) in [5, 5.41) is 3.06. The number of halogens is 6. The van der Waals surface area contributed by atoms with Gasteiger partial charge < -0.3 is 5.32 Å². The number of benzene rings is 1. The van der Waals surface area contributed by atoms with Gasteiger partial charge in [-0.1, -0.05) is 0 Å². The lowest BCUT2D eigenvalue weighted by atomic mass is 10.0. The van der Waals surface area contributed by atoms with Crippen molar-refractivity contribution in [3.63, 3.8) is 0 Å². The maximum Gasteiger partial charge on any atom is 0.166 e. The van der Waals surface area contributed by atoms with Crippen LogP contribution in [-0.4, -0.2) is 37.8 Å². The Morgan fingerprint density at radius 2 is 1.60 bits per heavy atom. The summed E-state index contributed by atoms with van der Waals surface area (Å²) < 4.78 is 53.5. The van der Waals surface area contributed by atoms with Crippen molar-refractivity contribution in [2.75, 3.05) is 32.9 Å². The Hall–Kier alpha value is -0.560. The molecule has 0 spiro atoms. The molecule has 1 aromatic rings. The van der Waals surface area contributed by atoms with E-state index in [0.29, 0.717) is 32.2 Å². The number of alkyl halides is 1. The Morgan fingerprint density at radius 1 is 1.05 bits per heavy atom. The van der Waals surface area contributed by atoms with Crippen LogP contribution in [0, 0.1) is 17.5 Å². The Balaban J connectivity index is 0.00000180. The van der Waals surface area contributed by atoms with E-state index in [0.717, 1.165) is 6.07 Å². The minimum atomic E-state index is -1.30. The summed E-state index contributed by atoms with van der Waals surface area (Å²) in [5.41, 5.74) is -0.514. The molecule has 0 unspecified atom stereocenters. The van der Waals surface area contributed by atoms with Gasteiger partial charge >= 0.3 is 0 Å². The Kier molecular flexibility index (Phi) is 8.42. The van der Waals surface area contributed by atoms with E-state index in [4.69, 9.17) is 0 Å². The van der Waals surface area contributed by atoms with Gasteiger partial charge in [-0.3, -0.25) is 4.90 Å². The predicted octanol–water partition coefficient (Wildman–Crippen LogP) is 2.86. The van der Waals surface area contributed by atoms with Gasteiger partial charge in [0, 0.05) is 31.7 Å². The van der Waals surface area contributed by atoms with Crippen LogP contribution in [0.1, 0.15) is 11.6 Å². The van der Waals surface area contributed by atoms with Crippen molar-refractivity contribution in [2.24, 2.45) is 0 Å². The third kappa shape index (κ3) is 3.97. The second-order valence-electron chi connectivity index (χ2n) is 4.21. The molecule has 0 aromatic heterocycles. The van der Waals surface area contributed by atoms with Crippen LogP contribution in [0.3, 0.4) is 0 Å². The van der Waals surface area contributed by atoms with Gasteiger partial charge in [-0.05, 0) is 12.1 Å². The van der Waals surface area contributed by atoms with Crippen molar-refractivity contribution < 1.29 is 17.6 Å². The normalized spacial score (nSPS) is 17.0. The van der Waals surface area contributed by atoms with E-state index in [-0.39, 0.29) is 24.8 Å². The monoisotopic (exact) mass is 334 g/mol. The fourth-order valence-corrected chi connectivity index (χ4v) is 2.20. The topological polar surface area (TPSA) is 15.3 Å². The molecule has 1 fully saturated rings. The molecule has 0 radical (unpaired) electrons. The summed E-state index contributed by atoms with van der Waals surface area (Å²) in [7, 11) is 0. The van der Waals surface area contributed by atoms with E-state index in [1.54, 1.807) is 4.90 Å². The summed E-state index contributed by atoms with van der Waals surface area (Å²) in [4.78, 5) is 1.62. The fraction of sp³-hybridized carbons (Fsp3) is 0.500. The van der Waals surface area contributed by atoms with Crippen molar-refractivity contribution in [1.82, 2.24) is 10.2 Å². The summed E-state index contributed by atoms with van der Waals surface area (Å²) in [6.45, 7) is 1.25. The number of rotatable bonds is 3. The van der Waals surface area contributed by atoms with Crippen LogP contribution in [0.15, 0.2) is 12.1 Å². The van der Waals surface area contributed by atoms with Gasteiger partial charge in [-0.2, -0.15) is 0 Å². The van der Waals surface area contributed by atoms with Crippen LogP contribution in [0.25, 0.3) is 0 Å². The Bertz CT molecular complexity index is 428. The van der Waals surface area contributed by atoms with Crippen LogP contribution in [0.2, 0.25) is 0 Å². The molecular formula is C12H16Cl2F4N2. The highest BCUT2D eigenvalue weighted by molar-refractivity contribution is 5.85. The number of piperazine rings is 1. The Morgan fingerprint density at radius 3 is 2.15 bits per heavy atom. The molecule has 0 aliphatic carbocycles. The molecule has 1 atom stereocenters. The summed E-state index contributed by atoms with van der Waals surface area (Å²) in [6, 6.07) is 0.475. The summed E-state index contributed by atoms with van der Waals surface area (Å²) in [6.07, 6.45) is 0. The first kappa shape index (κ1) is 19.4. The number of hydrogen-bond donors (Lipinski definition) is 1. The molecule has 0 amide bonds. The van der Waals surface area contributed by atoms with Gasteiger partial charge in [0.05, 0.1) is 6.04 Å². The van der Waals surface area contributed by atoms with Crippen molar-refractivity contribution in [2.45, 2.75) is 6.04 Å². The minimum absolute atomic E-state index is 0. The van der Waals surface area contributed by atoms with Crippen LogP contribution in [-0.2, 0) is 0 Å². The van der Waals surface area contributed by atoms with Crippen LogP contribution in [0.4, 0.5) is 17.6 Å². The first-order valence-electron chi connectivity index (χ1n) is 5.79. The van der Waals surface area contributed by atoms with E-state index >= 15 is 0 Å². The average molecular weight is 335 g/mol. The van der Waals surface area contributed by atoms with E-state index in [9.17, 15) is 17.6 Å². The maximum atomic E-state index is 13.6. The average Bonchev–Trinajstić information content (AvgIpc) is 2.40. The zero-order chi connectivity index (χ0) is 13.1. The van der Waals surface area contributed by atoms with Crippen molar-refractivity contribution >= 4 is 24.8 Å². The lowest BCUT2D eigenvalue weighted by molar-refractivity contribution is 0.140. The van der Waals surface area contributed by atoms with Gasteiger partial charge in [0.1, 0.15) is 12.5 Å². The lowest BCUT2D eigenvalue weighted by Gasteiger charge is -2.33. The molecule has 1 heterocycles. The molecule has 1 saturated heterocycles. The zero-order valence-electron chi connectivity index (χ0n) is 10.5. The second-order valence-corrected chi connectivity index (χ2v) is 4.21. The van der Waals surface area contributed by atoms with E-state index < -0.39 is 35.7 Å². The largest absolute Gasteiger partial charge is 0.314 e. The molecule has 2 nitrogen and oxygen atoms in total. The zero-order valence-corrected chi connectivity index (χ0v) is 12.2. The fourth-order valence-electron chi connectivity index (χ4n) is 2.20. The lowest BCUT2D eigenvalue weighted by Crippen LogP contribution is -2.46. The van der Waals surface area contributed by atoms with Gasteiger partial charge in [-0.25, -0.2) is 17.6 Å². The third-order valence-corrected chi connectivity index (χ3v) is 3.15. The molecule has 0 bridgehead atoms. The molecular weight excluding hydrogens is 319 g/mol. The number of nitrogens with zero attached hydrogens (tertiary/aromatic N) is 1. The summed E-state index contributed by atoms with van der Waals surface area (Å²) >= 11 is 0. The molecule has 116 valence electrons. The molecule has 0 saturated carbocycles. The highest BCUT2D eigenvalue weighted by Gasteiger charge is 2.28. The smallest absolute Gasteiger partial charge is 0.166 e. The van der Waals surface area contributed by atoms with Gasteiger partial charge in [0.15, 0.2) is 11.6 Å². The standard InChI is InChI=1S/C12H14F4N2.2ClH/c13-7-10(18-5-3-17-4-6-18)11-8(14)1-2-9(15)12(11)16;;/h1-2,10,17H,3-7H2;2*1H/t10-;;/m1../s1. The van der Waals surface area contributed by atoms with Crippen LogP contribution >= 0.6 is 24.8 Å². The molecule has 1 N–H and O–H groups in total. The molecule has 1 aliphatic heterocycles.